The monoisotopic (exact) mass is 1240 g/mol. The molecule has 0 spiro atoms. The number of nitrogens with one attached hydrogen (secondary N) is 7. The SMILES string of the molecule is CC(=O)CC1NCc2ccccc21.CC(=O)[C@@H]1Cc2ccccc2CN1.CC(=O)[C@H]1Cc2ccccc2C(C)(C)N1.CC(=O)[C@H]1Cc2ccccc2CN1.CC[C@@H]1Cc2ccccc2CN1.CC[C@H]1Cc2ccccc2C(C)(C)N1.CC[C@H]1Cc2ccccc2CN1. The lowest BCUT2D eigenvalue weighted by Crippen LogP contribution is -2.52. The van der Waals surface area contributed by atoms with Gasteiger partial charge in [-0.2, -0.15) is 0 Å². The number of fused-ring (bicyclic) bond motifs is 7. The van der Waals surface area contributed by atoms with Crippen LogP contribution in [0.3, 0.4) is 0 Å². The van der Waals surface area contributed by atoms with Gasteiger partial charge in [0.05, 0.1) is 18.1 Å². The number of hydrogen-bond acceptors (Lipinski definition) is 11. The quantitative estimate of drug-likeness (QED) is 0.0779. The third-order valence-corrected chi connectivity index (χ3v) is 19.3. The maximum Gasteiger partial charge on any atom is 0.147 e. The fraction of sp³-hybridized carbons (Fsp3) is 0.432. The summed E-state index contributed by atoms with van der Waals surface area (Å²) in [6, 6.07) is 61.7. The van der Waals surface area contributed by atoms with Crippen LogP contribution in [0.1, 0.15) is 186 Å². The number of ketones is 4. The van der Waals surface area contributed by atoms with E-state index in [2.05, 4.69) is 213 Å². The first-order valence-corrected chi connectivity index (χ1v) is 34.0. The van der Waals surface area contributed by atoms with E-state index in [1.165, 1.54) is 116 Å². The van der Waals surface area contributed by atoms with Crippen molar-refractivity contribution < 1.29 is 19.2 Å². The molecule has 0 aliphatic carbocycles. The van der Waals surface area contributed by atoms with Crippen LogP contribution in [0.2, 0.25) is 0 Å². The molecular weight excluding hydrogens is 1130 g/mol. The molecule has 0 saturated carbocycles. The molecule has 11 nitrogen and oxygen atoms in total. The lowest BCUT2D eigenvalue weighted by molar-refractivity contribution is -0.120. The summed E-state index contributed by atoms with van der Waals surface area (Å²) < 4.78 is 0. The zero-order valence-electron chi connectivity index (χ0n) is 56.9. The maximum absolute atomic E-state index is 11.4. The van der Waals surface area contributed by atoms with Crippen molar-refractivity contribution in [2.75, 3.05) is 0 Å². The molecule has 1 unspecified atom stereocenters. The van der Waals surface area contributed by atoms with Crippen molar-refractivity contribution in [2.45, 2.75) is 226 Å². The van der Waals surface area contributed by atoms with Gasteiger partial charge in [-0.3, -0.25) is 24.5 Å². The minimum atomic E-state index is -0.106. The summed E-state index contributed by atoms with van der Waals surface area (Å²) in [5.41, 5.74) is 19.5. The van der Waals surface area contributed by atoms with Crippen LogP contribution in [-0.2, 0) is 102 Å². The Morgan fingerprint density at radius 1 is 0.337 bits per heavy atom. The Balaban J connectivity index is 0.000000138. The molecule has 7 N–H and O–H groups in total. The number of carbonyl (C=O) groups is 4. The Kier molecular flexibility index (Phi) is 26.3. The van der Waals surface area contributed by atoms with Crippen LogP contribution < -0.4 is 37.2 Å². The first-order valence-electron chi connectivity index (χ1n) is 34.0. The molecule has 7 aliphatic heterocycles. The standard InChI is InChI=1S/C13H17NO.C13H19N.3C11H13NO.2C11H15N/c1-9(15)12-8-10-6-4-5-7-11(10)13(2,3)14-12;1-4-11-9-10-7-5-6-8-12(10)13(2,3)14-11;2*1-8(13)11-6-9-4-2-3-5-10(9)7-12-11;1-8(13)6-11-10-5-3-2-4-9(10)7-12-11;2*1-2-11-7-9-5-3-4-6-10(9)8-12-11/h4-7,12,14H,8H2,1-3H3;5-8,11,14H,4,9H2,1-3H3;3*2-5,11-12H,6-7H2,1H3;2*3-6,11-12H,2,7-8H2,1H3/t12-;3*11-;;2*11-/m1010.10/s1. The van der Waals surface area contributed by atoms with E-state index in [0.717, 1.165) is 52.0 Å². The minimum Gasteiger partial charge on any atom is -0.310 e. The van der Waals surface area contributed by atoms with E-state index in [1.807, 2.05) is 42.5 Å². The Labute approximate surface area is 550 Å². The Bertz CT molecular complexity index is 3420. The summed E-state index contributed by atoms with van der Waals surface area (Å²) in [5.74, 6) is 0.927. The summed E-state index contributed by atoms with van der Waals surface area (Å²) in [6.45, 7) is 26.8. The van der Waals surface area contributed by atoms with Gasteiger partial charge in [0, 0.05) is 74.4 Å². The molecule has 488 valence electrons. The predicted octanol–water partition coefficient (Wildman–Crippen LogP) is 13.5. The molecule has 92 heavy (non-hydrogen) atoms. The van der Waals surface area contributed by atoms with Gasteiger partial charge >= 0.3 is 0 Å². The van der Waals surface area contributed by atoms with Gasteiger partial charge < -0.3 is 31.9 Å². The number of carbonyl (C=O) groups excluding carboxylic acids is 4. The van der Waals surface area contributed by atoms with Crippen molar-refractivity contribution in [2.24, 2.45) is 0 Å². The van der Waals surface area contributed by atoms with E-state index in [1.54, 1.807) is 27.7 Å². The van der Waals surface area contributed by atoms with Gasteiger partial charge in [0.1, 0.15) is 23.1 Å². The fourth-order valence-corrected chi connectivity index (χ4v) is 13.7. The summed E-state index contributed by atoms with van der Waals surface area (Å²) >= 11 is 0. The zero-order valence-corrected chi connectivity index (χ0v) is 56.9. The van der Waals surface area contributed by atoms with Crippen molar-refractivity contribution in [1.82, 2.24) is 37.2 Å². The largest absolute Gasteiger partial charge is 0.310 e. The number of benzene rings is 7. The summed E-state index contributed by atoms with van der Waals surface area (Å²) in [4.78, 5) is 44.7. The van der Waals surface area contributed by atoms with Gasteiger partial charge in [0.25, 0.3) is 0 Å². The van der Waals surface area contributed by atoms with Crippen molar-refractivity contribution in [3.05, 3.63) is 248 Å². The molecule has 7 atom stereocenters. The molecule has 0 bridgehead atoms. The van der Waals surface area contributed by atoms with Gasteiger partial charge in [-0.1, -0.05) is 191 Å². The maximum atomic E-state index is 11.4. The van der Waals surface area contributed by atoms with Crippen LogP contribution in [0, 0.1) is 0 Å². The van der Waals surface area contributed by atoms with Crippen LogP contribution in [0.25, 0.3) is 0 Å². The topological polar surface area (TPSA) is 152 Å². The molecule has 7 aromatic rings. The van der Waals surface area contributed by atoms with Crippen LogP contribution in [0.5, 0.6) is 0 Å². The fourth-order valence-electron chi connectivity index (χ4n) is 13.7. The van der Waals surface area contributed by atoms with Crippen molar-refractivity contribution >= 4 is 23.1 Å². The lowest BCUT2D eigenvalue weighted by Gasteiger charge is -2.39. The van der Waals surface area contributed by atoms with Crippen molar-refractivity contribution in [1.29, 1.82) is 0 Å². The molecule has 7 aromatic carbocycles. The molecule has 0 radical (unpaired) electrons. The predicted molar refractivity (Wildman–Crippen MR) is 378 cm³/mol. The normalized spacial score (nSPS) is 21.9. The van der Waals surface area contributed by atoms with E-state index in [4.69, 9.17) is 0 Å². The molecule has 14 rings (SSSR count). The zero-order chi connectivity index (χ0) is 65.8. The van der Waals surface area contributed by atoms with E-state index in [0.29, 0.717) is 24.5 Å². The second kappa shape index (κ2) is 34.2. The summed E-state index contributed by atoms with van der Waals surface area (Å²) in [5, 5.41) is 23.9. The summed E-state index contributed by atoms with van der Waals surface area (Å²) in [7, 11) is 0. The van der Waals surface area contributed by atoms with E-state index >= 15 is 0 Å². The molecule has 0 amide bonds. The van der Waals surface area contributed by atoms with Crippen LogP contribution in [0.15, 0.2) is 170 Å². The van der Waals surface area contributed by atoms with E-state index in [-0.39, 0.29) is 58.4 Å². The number of Topliss-reactive ketones (excluding diaryl/α,β-unsaturated/α-hetero) is 4. The van der Waals surface area contributed by atoms with Crippen LogP contribution in [-0.4, -0.2) is 59.4 Å². The highest BCUT2D eigenvalue weighted by molar-refractivity contribution is 5.83. The first-order chi connectivity index (χ1) is 44.2. The number of hydrogen-bond donors (Lipinski definition) is 7. The van der Waals surface area contributed by atoms with Gasteiger partial charge in [-0.05, 0) is 191 Å². The van der Waals surface area contributed by atoms with Gasteiger partial charge in [-0.15, -0.1) is 0 Å². The highest BCUT2D eigenvalue weighted by Gasteiger charge is 2.34. The highest BCUT2D eigenvalue weighted by Crippen LogP contribution is 2.32. The second-order valence-electron chi connectivity index (χ2n) is 27.0. The van der Waals surface area contributed by atoms with Crippen LogP contribution >= 0.6 is 0 Å². The minimum absolute atomic E-state index is 0.0231. The van der Waals surface area contributed by atoms with E-state index in [9.17, 15) is 19.2 Å². The molecule has 0 aromatic heterocycles. The average Bonchev–Trinajstić information content (AvgIpc) is 1.17. The molecule has 7 aliphatic rings. The van der Waals surface area contributed by atoms with Crippen LogP contribution in [0.4, 0.5) is 0 Å². The third kappa shape index (κ3) is 20.0. The first kappa shape index (κ1) is 70.8. The number of rotatable bonds is 8. The molecule has 7 heterocycles. The third-order valence-electron chi connectivity index (χ3n) is 19.3. The highest BCUT2D eigenvalue weighted by atomic mass is 16.1. The van der Waals surface area contributed by atoms with Crippen molar-refractivity contribution in [3.8, 4) is 0 Å². The van der Waals surface area contributed by atoms with Gasteiger partial charge in [0.15, 0.2) is 0 Å². The molecule has 11 heteroatoms. The Morgan fingerprint density at radius 2 is 0.641 bits per heavy atom. The Morgan fingerprint density at radius 3 is 1.04 bits per heavy atom. The lowest BCUT2D eigenvalue weighted by atomic mass is 9.82. The summed E-state index contributed by atoms with van der Waals surface area (Å²) in [6.07, 6.45) is 10.3. The average molecular weight is 1240 g/mol. The smallest absolute Gasteiger partial charge is 0.147 e. The molecular formula is C81H105N7O4. The van der Waals surface area contributed by atoms with Gasteiger partial charge in [-0.25, -0.2) is 0 Å². The van der Waals surface area contributed by atoms with Crippen molar-refractivity contribution in [3.63, 3.8) is 0 Å². The Hall–Kier alpha value is -7.06. The van der Waals surface area contributed by atoms with Gasteiger partial charge in [0.2, 0.25) is 0 Å². The molecule has 0 fully saturated rings. The van der Waals surface area contributed by atoms with E-state index < -0.39 is 0 Å². The molecule has 0 saturated heterocycles. The second-order valence-corrected chi connectivity index (χ2v) is 27.0.